The summed E-state index contributed by atoms with van der Waals surface area (Å²) in [5, 5.41) is 13.2. The van der Waals surface area contributed by atoms with Gasteiger partial charge in [0.2, 0.25) is 11.8 Å². The number of piperazine rings is 1. The summed E-state index contributed by atoms with van der Waals surface area (Å²) in [5.41, 5.74) is 4.76. The molecule has 0 aromatic rings. The normalized spacial score (nSPS) is 20.0. The van der Waals surface area contributed by atoms with Gasteiger partial charge in [-0.1, -0.05) is 0 Å². The molecule has 4 amide bonds. The van der Waals surface area contributed by atoms with E-state index in [9.17, 15) is 19.2 Å². The topological polar surface area (TPSA) is 142 Å². The number of hydrogen-bond donors (Lipinski definition) is 4. The largest absolute Gasteiger partial charge is 0.480 e. The van der Waals surface area contributed by atoms with Crippen LogP contribution in [0.5, 0.6) is 0 Å². The molecule has 1 atom stereocenters. The Morgan fingerprint density at radius 1 is 1.50 bits per heavy atom. The molecule has 9 nitrogen and oxygen atoms in total. The van der Waals surface area contributed by atoms with Gasteiger partial charge in [-0.25, -0.2) is 4.79 Å². The second-order valence-electron chi connectivity index (χ2n) is 3.79. The van der Waals surface area contributed by atoms with Crippen molar-refractivity contribution in [3.8, 4) is 0 Å². The van der Waals surface area contributed by atoms with Gasteiger partial charge in [0.1, 0.15) is 6.04 Å². The van der Waals surface area contributed by atoms with Gasteiger partial charge in [-0.3, -0.25) is 24.6 Å². The van der Waals surface area contributed by atoms with Gasteiger partial charge in [-0.05, 0) is 0 Å². The Labute approximate surface area is 102 Å². The molecule has 0 radical (unpaired) electrons. The average molecular weight is 258 g/mol. The van der Waals surface area contributed by atoms with Gasteiger partial charge in [-0.2, -0.15) is 0 Å². The highest BCUT2D eigenvalue weighted by molar-refractivity contribution is 5.93. The van der Waals surface area contributed by atoms with Crippen LogP contribution in [0.2, 0.25) is 0 Å². The second-order valence-corrected chi connectivity index (χ2v) is 3.79. The number of aliphatic carboxylic acids is 1. The first-order valence-corrected chi connectivity index (χ1v) is 5.23. The summed E-state index contributed by atoms with van der Waals surface area (Å²) in [5.74, 6) is -1.99. The number of rotatable bonds is 4. The van der Waals surface area contributed by atoms with Crippen LogP contribution in [-0.4, -0.2) is 59.5 Å². The molecule has 100 valence electrons. The monoisotopic (exact) mass is 258 g/mol. The number of primary amides is 1. The first-order valence-electron chi connectivity index (χ1n) is 5.23. The summed E-state index contributed by atoms with van der Waals surface area (Å²) >= 11 is 0. The van der Waals surface area contributed by atoms with Crippen molar-refractivity contribution in [2.24, 2.45) is 5.73 Å². The van der Waals surface area contributed by atoms with Crippen molar-refractivity contribution < 1.29 is 24.3 Å². The molecule has 0 saturated carbocycles. The maximum Gasteiger partial charge on any atom is 0.322 e. The quantitative estimate of drug-likeness (QED) is 0.437. The predicted molar refractivity (Wildman–Crippen MR) is 58.3 cm³/mol. The highest BCUT2D eigenvalue weighted by Crippen LogP contribution is 2.05. The first kappa shape index (κ1) is 13.9. The molecular weight excluding hydrogens is 244 g/mol. The van der Waals surface area contributed by atoms with E-state index in [2.05, 4.69) is 5.32 Å². The van der Waals surface area contributed by atoms with Crippen molar-refractivity contribution in [2.75, 3.05) is 19.6 Å². The lowest BCUT2D eigenvalue weighted by atomic mass is 10.1. The third kappa shape index (κ3) is 4.01. The SMILES string of the molecule is NC(=O)NC(=O)CCN1CC(=O)NCC1C(=O)O. The number of carboxylic acid groups (broad SMARTS) is 1. The van der Waals surface area contributed by atoms with Gasteiger partial charge < -0.3 is 16.2 Å². The smallest absolute Gasteiger partial charge is 0.322 e. The van der Waals surface area contributed by atoms with Crippen LogP contribution in [-0.2, 0) is 14.4 Å². The van der Waals surface area contributed by atoms with E-state index >= 15 is 0 Å². The number of nitrogens with zero attached hydrogens (tertiary/aromatic N) is 1. The summed E-state index contributed by atoms with van der Waals surface area (Å²) in [6.07, 6.45) is -0.111. The second kappa shape index (κ2) is 5.96. The number of carboxylic acids is 1. The van der Waals surface area contributed by atoms with E-state index in [0.29, 0.717) is 0 Å². The minimum atomic E-state index is -1.08. The molecule has 0 aromatic heterocycles. The van der Waals surface area contributed by atoms with Crippen LogP contribution in [0, 0.1) is 0 Å². The minimum absolute atomic E-state index is 0.00833. The van der Waals surface area contributed by atoms with Gasteiger partial charge in [0.05, 0.1) is 6.54 Å². The zero-order valence-electron chi connectivity index (χ0n) is 9.51. The molecule has 18 heavy (non-hydrogen) atoms. The number of nitrogens with two attached hydrogens (primary N) is 1. The third-order valence-corrected chi connectivity index (χ3v) is 2.45. The maximum absolute atomic E-state index is 11.2. The molecule has 0 bridgehead atoms. The molecule has 1 unspecified atom stereocenters. The number of hydrogen-bond acceptors (Lipinski definition) is 5. The lowest BCUT2D eigenvalue weighted by Gasteiger charge is -2.32. The number of carbonyl (C=O) groups excluding carboxylic acids is 3. The van der Waals surface area contributed by atoms with Gasteiger partial charge in [0.25, 0.3) is 0 Å². The third-order valence-electron chi connectivity index (χ3n) is 2.45. The van der Waals surface area contributed by atoms with E-state index in [0.717, 1.165) is 0 Å². The van der Waals surface area contributed by atoms with Crippen molar-refractivity contribution in [3.05, 3.63) is 0 Å². The summed E-state index contributed by atoms with van der Waals surface area (Å²) in [4.78, 5) is 45.0. The fraction of sp³-hybridized carbons (Fsp3) is 0.556. The standard InChI is InChI=1S/C9H14N4O5/c10-9(18)12-6(14)1-2-13-4-7(15)11-3-5(13)8(16)17/h5H,1-4H2,(H,11,15)(H,16,17)(H3,10,12,14,18). The van der Waals surface area contributed by atoms with Crippen LogP contribution < -0.4 is 16.4 Å². The lowest BCUT2D eigenvalue weighted by molar-refractivity contribution is -0.146. The average Bonchev–Trinajstić information content (AvgIpc) is 2.25. The first-order chi connectivity index (χ1) is 8.40. The molecule has 0 spiro atoms. The Morgan fingerprint density at radius 3 is 2.72 bits per heavy atom. The van der Waals surface area contributed by atoms with Crippen molar-refractivity contribution >= 4 is 23.8 Å². The molecule has 1 fully saturated rings. The highest BCUT2D eigenvalue weighted by atomic mass is 16.4. The van der Waals surface area contributed by atoms with Crippen LogP contribution in [0.4, 0.5) is 4.79 Å². The Morgan fingerprint density at radius 2 is 2.17 bits per heavy atom. The molecule has 1 aliphatic heterocycles. The number of carbonyl (C=O) groups is 4. The van der Waals surface area contributed by atoms with Crippen molar-refractivity contribution in [1.82, 2.24) is 15.5 Å². The Bertz CT molecular complexity index is 383. The molecule has 1 saturated heterocycles. The summed E-state index contributed by atoms with van der Waals surface area (Å²) in [7, 11) is 0. The van der Waals surface area contributed by atoms with E-state index in [1.54, 1.807) is 0 Å². The van der Waals surface area contributed by atoms with Gasteiger partial charge in [0, 0.05) is 19.5 Å². The fourth-order valence-corrected chi connectivity index (χ4v) is 1.61. The van der Waals surface area contributed by atoms with E-state index in [1.807, 2.05) is 5.32 Å². The summed E-state index contributed by atoms with van der Waals surface area (Å²) < 4.78 is 0. The van der Waals surface area contributed by atoms with Crippen molar-refractivity contribution in [3.63, 3.8) is 0 Å². The zero-order valence-corrected chi connectivity index (χ0v) is 9.51. The van der Waals surface area contributed by atoms with E-state index in [4.69, 9.17) is 10.8 Å². The van der Waals surface area contributed by atoms with Gasteiger partial charge >= 0.3 is 12.0 Å². The van der Waals surface area contributed by atoms with Crippen LogP contribution in [0.1, 0.15) is 6.42 Å². The Hall–Kier alpha value is -2.16. The number of nitrogens with one attached hydrogen (secondary N) is 2. The summed E-state index contributed by atoms with van der Waals surface area (Å²) in [6.45, 7) is -0.0457. The lowest BCUT2D eigenvalue weighted by Crippen LogP contribution is -2.58. The van der Waals surface area contributed by atoms with E-state index in [1.165, 1.54) is 4.90 Å². The Balaban J connectivity index is 2.51. The number of urea groups is 1. The minimum Gasteiger partial charge on any atom is -0.480 e. The number of amides is 4. The highest BCUT2D eigenvalue weighted by Gasteiger charge is 2.31. The fourth-order valence-electron chi connectivity index (χ4n) is 1.61. The molecule has 1 aliphatic rings. The zero-order chi connectivity index (χ0) is 13.7. The molecule has 1 rings (SSSR count). The van der Waals surface area contributed by atoms with E-state index in [-0.39, 0.29) is 32.0 Å². The molecule has 9 heteroatoms. The van der Waals surface area contributed by atoms with Gasteiger partial charge in [-0.15, -0.1) is 0 Å². The molecule has 1 heterocycles. The van der Waals surface area contributed by atoms with Crippen LogP contribution in [0.25, 0.3) is 0 Å². The molecule has 0 aromatic carbocycles. The number of imide groups is 1. The van der Waals surface area contributed by atoms with Crippen molar-refractivity contribution in [2.45, 2.75) is 12.5 Å². The molecule has 5 N–H and O–H groups in total. The van der Waals surface area contributed by atoms with Crippen LogP contribution in [0.3, 0.4) is 0 Å². The van der Waals surface area contributed by atoms with Crippen LogP contribution >= 0.6 is 0 Å². The molecular formula is C9H14N4O5. The summed E-state index contributed by atoms with van der Waals surface area (Å²) in [6, 6.07) is -1.84. The van der Waals surface area contributed by atoms with Gasteiger partial charge in [0.15, 0.2) is 0 Å². The Kier molecular flexibility index (Phi) is 4.60. The molecule has 0 aliphatic carbocycles. The van der Waals surface area contributed by atoms with Crippen molar-refractivity contribution in [1.29, 1.82) is 0 Å². The predicted octanol–water partition coefficient (Wildman–Crippen LogP) is -2.54. The van der Waals surface area contributed by atoms with Crippen LogP contribution in [0.15, 0.2) is 0 Å². The maximum atomic E-state index is 11.2. The van der Waals surface area contributed by atoms with E-state index < -0.39 is 23.9 Å².